The van der Waals surface area contributed by atoms with Crippen LogP contribution in [0.2, 0.25) is 0 Å². The summed E-state index contributed by atoms with van der Waals surface area (Å²) in [4.78, 5) is 0. The highest BCUT2D eigenvalue weighted by molar-refractivity contribution is 5.44. The Kier molecular flexibility index (Phi) is 2.72. The van der Waals surface area contributed by atoms with E-state index in [2.05, 4.69) is 13.8 Å². The predicted molar refractivity (Wildman–Crippen MR) is 70.2 cm³/mol. The molecule has 0 unspecified atom stereocenters. The van der Waals surface area contributed by atoms with Crippen LogP contribution >= 0.6 is 0 Å². The number of hydrogen-bond acceptors (Lipinski definition) is 4. The Morgan fingerprint density at radius 3 is 2.68 bits per heavy atom. The van der Waals surface area contributed by atoms with Crippen LogP contribution in [0.5, 0.6) is 0 Å². The fourth-order valence-corrected chi connectivity index (χ4v) is 4.69. The van der Waals surface area contributed by atoms with Crippen LogP contribution < -0.4 is 0 Å². The van der Waals surface area contributed by atoms with Gasteiger partial charge in [-0.1, -0.05) is 26.3 Å². The zero-order chi connectivity index (χ0) is 14.1. The molecule has 0 spiro atoms. The first-order chi connectivity index (χ1) is 8.78. The highest BCUT2D eigenvalue weighted by Crippen LogP contribution is 2.63. The minimum Gasteiger partial charge on any atom is -0.395 e. The smallest absolute Gasteiger partial charge is 0.188 e. The van der Waals surface area contributed by atoms with Crippen molar-refractivity contribution in [2.45, 2.75) is 51.9 Å². The van der Waals surface area contributed by atoms with E-state index in [4.69, 9.17) is 4.74 Å². The zero-order valence-corrected chi connectivity index (χ0v) is 11.9. The first-order valence-corrected chi connectivity index (χ1v) is 7.15. The molecule has 0 aromatic carbocycles. The van der Waals surface area contributed by atoms with E-state index in [9.17, 15) is 15.3 Å². The monoisotopic (exact) mass is 268 g/mol. The fourth-order valence-electron chi connectivity index (χ4n) is 4.69. The van der Waals surface area contributed by atoms with Crippen LogP contribution in [0.3, 0.4) is 0 Å². The van der Waals surface area contributed by atoms with Gasteiger partial charge >= 0.3 is 0 Å². The third-order valence-electron chi connectivity index (χ3n) is 5.61. The molecule has 1 fully saturated rings. The van der Waals surface area contributed by atoms with Crippen molar-refractivity contribution in [2.24, 2.45) is 16.7 Å². The lowest BCUT2D eigenvalue weighted by Crippen LogP contribution is -2.61. The lowest BCUT2D eigenvalue weighted by Gasteiger charge is -2.52. The van der Waals surface area contributed by atoms with Crippen LogP contribution in [-0.2, 0) is 4.74 Å². The summed E-state index contributed by atoms with van der Waals surface area (Å²) in [5.41, 5.74) is 0.221. The molecule has 4 heteroatoms. The maximum absolute atomic E-state index is 11.1. The molecule has 3 rings (SSSR count). The van der Waals surface area contributed by atoms with Gasteiger partial charge in [-0.05, 0) is 36.2 Å². The minimum atomic E-state index is -1.33. The van der Waals surface area contributed by atoms with Crippen LogP contribution in [0.15, 0.2) is 11.1 Å². The van der Waals surface area contributed by atoms with E-state index < -0.39 is 17.3 Å². The Balaban J connectivity index is 2.24. The fraction of sp³-hybridized carbons (Fsp3) is 0.867. The molecule has 0 amide bonds. The van der Waals surface area contributed by atoms with Gasteiger partial charge in [0, 0.05) is 5.41 Å². The van der Waals surface area contributed by atoms with Crippen LogP contribution in [0, 0.1) is 16.7 Å². The molecule has 1 aliphatic heterocycles. The molecule has 3 N–H and O–H groups in total. The Morgan fingerprint density at radius 2 is 2.05 bits per heavy atom. The van der Waals surface area contributed by atoms with E-state index in [1.54, 1.807) is 0 Å². The van der Waals surface area contributed by atoms with Crippen molar-refractivity contribution in [3.63, 3.8) is 0 Å². The molecule has 19 heavy (non-hydrogen) atoms. The zero-order valence-electron chi connectivity index (χ0n) is 11.9. The molecule has 0 saturated carbocycles. The van der Waals surface area contributed by atoms with E-state index in [0.717, 1.165) is 24.8 Å². The third kappa shape index (κ3) is 1.49. The van der Waals surface area contributed by atoms with Crippen molar-refractivity contribution < 1.29 is 20.1 Å². The van der Waals surface area contributed by atoms with Gasteiger partial charge in [0.15, 0.2) is 6.29 Å². The average Bonchev–Trinajstić information content (AvgIpc) is 2.59. The van der Waals surface area contributed by atoms with Crippen molar-refractivity contribution in [1.29, 1.82) is 0 Å². The minimum absolute atomic E-state index is 0.0307. The standard InChI is InChI=1S/C15H24O4/c1-9-4-5-10-11-14(7-16,6-13(10,2)3)8-19-12(17)15(9,11)18/h9,12,16-18H,4-8H2,1-3H3/t9-,12+,14-,15+/m1/s1. The largest absolute Gasteiger partial charge is 0.395 e. The molecule has 0 bridgehead atoms. The van der Waals surface area contributed by atoms with Crippen molar-refractivity contribution >= 4 is 0 Å². The second-order valence-electron chi connectivity index (χ2n) is 7.28. The van der Waals surface area contributed by atoms with E-state index in [0.29, 0.717) is 6.61 Å². The Bertz CT molecular complexity index is 441. The van der Waals surface area contributed by atoms with Crippen LogP contribution in [0.1, 0.15) is 40.0 Å². The summed E-state index contributed by atoms with van der Waals surface area (Å²) >= 11 is 0. The maximum atomic E-state index is 11.1. The summed E-state index contributed by atoms with van der Waals surface area (Å²) in [6.45, 7) is 6.54. The summed E-state index contributed by atoms with van der Waals surface area (Å²) < 4.78 is 5.45. The molecule has 3 aliphatic rings. The van der Waals surface area contributed by atoms with Crippen molar-refractivity contribution in [3.8, 4) is 0 Å². The topological polar surface area (TPSA) is 69.9 Å². The van der Waals surface area contributed by atoms with Gasteiger partial charge in [0.25, 0.3) is 0 Å². The van der Waals surface area contributed by atoms with Gasteiger partial charge in [0.1, 0.15) is 5.60 Å². The molecule has 4 atom stereocenters. The summed E-state index contributed by atoms with van der Waals surface area (Å²) in [7, 11) is 0. The molecule has 4 nitrogen and oxygen atoms in total. The van der Waals surface area contributed by atoms with Crippen LogP contribution in [-0.4, -0.2) is 40.4 Å². The molecule has 1 heterocycles. The molecule has 2 aliphatic carbocycles. The SMILES string of the molecule is C[C@@H]1CCC2=C3[C@](CO)(CO[C@H](O)[C@@]31O)CC2(C)C. The van der Waals surface area contributed by atoms with Gasteiger partial charge in [-0.15, -0.1) is 0 Å². The molecule has 1 saturated heterocycles. The predicted octanol–water partition coefficient (Wildman–Crippen LogP) is 1.20. The van der Waals surface area contributed by atoms with Crippen molar-refractivity contribution in [1.82, 2.24) is 0 Å². The second kappa shape index (κ2) is 3.82. The van der Waals surface area contributed by atoms with Gasteiger partial charge in [-0.25, -0.2) is 0 Å². The van der Waals surface area contributed by atoms with Crippen LogP contribution in [0.25, 0.3) is 0 Å². The number of ether oxygens (including phenoxy) is 1. The van der Waals surface area contributed by atoms with Gasteiger partial charge in [0.05, 0.1) is 13.2 Å². The summed E-state index contributed by atoms with van der Waals surface area (Å²) in [6, 6.07) is 0. The van der Waals surface area contributed by atoms with Crippen LogP contribution in [0.4, 0.5) is 0 Å². The highest BCUT2D eigenvalue weighted by atomic mass is 16.6. The second-order valence-corrected chi connectivity index (χ2v) is 7.28. The van der Waals surface area contributed by atoms with Crippen molar-refractivity contribution in [3.05, 3.63) is 11.1 Å². The summed E-state index contributed by atoms with van der Waals surface area (Å²) in [5, 5.41) is 31.2. The maximum Gasteiger partial charge on any atom is 0.188 e. The molecular weight excluding hydrogens is 244 g/mol. The molecule has 0 aromatic heterocycles. The Morgan fingerprint density at radius 1 is 1.37 bits per heavy atom. The van der Waals surface area contributed by atoms with Gasteiger partial charge < -0.3 is 20.1 Å². The normalized spacial score (nSPS) is 48.3. The van der Waals surface area contributed by atoms with Gasteiger partial charge in [-0.2, -0.15) is 0 Å². The molecule has 108 valence electrons. The van der Waals surface area contributed by atoms with Crippen molar-refractivity contribution in [2.75, 3.05) is 13.2 Å². The van der Waals surface area contributed by atoms with Gasteiger partial charge in [0.2, 0.25) is 0 Å². The Labute approximate surface area is 114 Å². The highest BCUT2D eigenvalue weighted by Gasteiger charge is 2.64. The summed E-state index contributed by atoms with van der Waals surface area (Å²) in [5.74, 6) is -0.0543. The van der Waals surface area contributed by atoms with E-state index >= 15 is 0 Å². The van der Waals surface area contributed by atoms with E-state index in [1.165, 1.54) is 5.57 Å². The number of aliphatic hydroxyl groups excluding tert-OH is 2. The number of allylic oxidation sites excluding steroid dienone is 1. The summed E-state index contributed by atoms with van der Waals surface area (Å²) in [6.07, 6.45) is 1.39. The first kappa shape index (κ1) is 13.6. The molecule has 0 aromatic rings. The van der Waals surface area contributed by atoms with E-state index in [1.807, 2.05) is 6.92 Å². The third-order valence-corrected chi connectivity index (χ3v) is 5.61. The number of aliphatic hydroxyl groups is 3. The van der Waals surface area contributed by atoms with E-state index in [-0.39, 0.29) is 17.9 Å². The average molecular weight is 268 g/mol. The number of hydrogen-bond donors (Lipinski definition) is 3. The quantitative estimate of drug-likeness (QED) is 0.625. The van der Waals surface area contributed by atoms with Gasteiger partial charge in [-0.3, -0.25) is 0 Å². The lowest BCUT2D eigenvalue weighted by atomic mass is 9.63. The lowest BCUT2D eigenvalue weighted by molar-refractivity contribution is -0.259. The Hall–Kier alpha value is -0.420. The molecule has 0 radical (unpaired) electrons. The first-order valence-electron chi connectivity index (χ1n) is 7.15. The molecular formula is C15H24O4. The number of rotatable bonds is 1.